The van der Waals surface area contributed by atoms with E-state index in [2.05, 4.69) is 10.3 Å². The van der Waals surface area contributed by atoms with Crippen LogP contribution in [-0.4, -0.2) is 15.5 Å². The van der Waals surface area contributed by atoms with Crippen molar-refractivity contribution >= 4 is 16.7 Å². The minimum Gasteiger partial charge on any atom is -0.348 e. The highest BCUT2D eigenvalue weighted by Gasteiger charge is 2.30. The number of carbonyl (C=O) groups is 1. The Morgan fingerprint density at radius 1 is 1.19 bits per heavy atom. The molecule has 0 fully saturated rings. The van der Waals surface area contributed by atoms with E-state index in [4.69, 9.17) is 0 Å². The number of halogens is 3. The van der Waals surface area contributed by atoms with Crippen LogP contribution in [-0.2, 0) is 17.5 Å². The van der Waals surface area contributed by atoms with Crippen molar-refractivity contribution < 1.29 is 18.0 Å². The van der Waals surface area contributed by atoms with Crippen LogP contribution in [0.1, 0.15) is 24.1 Å². The number of benzene rings is 1. The number of hydrogen-bond donors (Lipinski definition) is 1. The molecule has 0 saturated heterocycles. The van der Waals surface area contributed by atoms with E-state index in [1.165, 1.54) is 29.1 Å². The first-order chi connectivity index (χ1) is 12.8. The normalized spacial score (nSPS) is 12.7. The van der Waals surface area contributed by atoms with Crippen LogP contribution in [0.3, 0.4) is 0 Å². The number of pyridine rings is 2. The van der Waals surface area contributed by atoms with E-state index in [1.807, 2.05) is 0 Å². The van der Waals surface area contributed by atoms with Crippen molar-refractivity contribution in [2.75, 3.05) is 0 Å². The lowest BCUT2D eigenvalue weighted by Gasteiger charge is -2.16. The zero-order valence-electron chi connectivity index (χ0n) is 14.3. The van der Waals surface area contributed by atoms with Gasteiger partial charge in [0.15, 0.2) is 0 Å². The Labute approximate surface area is 152 Å². The summed E-state index contributed by atoms with van der Waals surface area (Å²) in [7, 11) is 0. The van der Waals surface area contributed by atoms with E-state index in [0.717, 1.165) is 12.1 Å². The Balaban J connectivity index is 1.70. The molecule has 0 bridgehead atoms. The van der Waals surface area contributed by atoms with Crippen molar-refractivity contribution in [3.8, 4) is 0 Å². The molecule has 3 rings (SSSR count). The van der Waals surface area contributed by atoms with E-state index < -0.39 is 23.7 Å². The Hall–Kier alpha value is -3.16. The van der Waals surface area contributed by atoms with Gasteiger partial charge >= 0.3 is 6.18 Å². The van der Waals surface area contributed by atoms with Crippen LogP contribution in [0.4, 0.5) is 13.2 Å². The van der Waals surface area contributed by atoms with Crippen molar-refractivity contribution in [3.05, 3.63) is 76.5 Å². The van der Waals surface area contributed by atoms with Crippen molar-refractivity contribution in [3.63, 3.8) is 0 Å². The second-order valence-corrected chi connectivity index (χ2v) is 6.12. The molecule has 0 spiro atoms. The number of nitrogens with one attached hydrogen (secondary N) is 1. The van der Waals surface area contributed by atoms with Crippen LogP contribution >= 0.6 is 0 Å². The molecule has 0 aliphatic rings. The standard InChI is InChI=1S/C19H16F3N3O2/c1-12(13-2-4-15(5-3-13)19(20,21)22)24-17(26)11-25-9-7-14-10-23-8-6-16(14)18(25)27/h2-10,12H,11H2,1H3,(H,24,26)/t12-/m0/s1. The van der Waals surface area contributed by atoms with Crippen molar-refractivity contribution in [2.24, 2.45) is 0 Å². The van der Waals surface area contributed by atoms with Gasteiger partial charge < -0.3 is 9.88 Å². The van der Waals surface area contributed by atoms with Crippen LogP contribution < -0.4 is 10.9 Å². The highest BCUT2D eigenvalue weighted by Crippen LogP contribution is 2.29. The maximum atomic E-state index is 12.6. The molecule has 27 heavy (non-hydrogen) atoms. The molecular weight excluding hydrogens is 359 g/mol. The van der Waals surface area contributed by atoms with Gasteiger partial charge in [-0.25, -0.2) is 0 Å². The number of rotatable bonds is 4. The minimum absolute atomic E-state index is 0.192. The Kier molecular flexibility index (Phi) is 4.98. The van der Waals surface area contributed by atoms with Gasteiger partial charge in [0.25, 0.3) is 5.56 Å². The Bertz CT molecular complexity index is 1030. The fourth-order valence-corrected chi connectivity index (χ4v) is 2.74. The summed E-state index contributed by atoms with van der Waals surface area (Å²) in [5.41, 5.74) is -0.525. The summed E-state index contributed by atoms with van der Waals surface area (Å²) in [4.78, 5) is 28.6. The summed E-state index contributed by atoms with van der Waals surface area (Å²) < 4.78 is 39.1. The predicted octanol–water partition coefficient (Wildman–Crippen LogP) is 3.29. The topological polar surface area (TPSA) is 64.0 Å². The summed E-state index contributed by atoms with van der Waals surface area (Å²) in [6.07, 6.45) is 0.168. The third-order valence-electron chi connectivity index (χ3n) is 4.21. The van der Waals surface area contributed by atoms with Gasteiger partial charge in [-0.1, -0.05) is 12.1 Å². The van der Waals surface area contributed by atoms with Gasteiger partial charge in [0.2, 0.25) is 5.91 Å². The van der Waals surface area contributed by atoms with Gasteiger partial charge in [-0.05, 0) is 36.8 Å². The average Bonchev–Trinajstić information content (AvgIpc) is 2.63. The maximum Gasteiger partial charge on any atom is 0.416 e. The van der Waals surface area contributed by atoms with Crippen molar-refractivity contribution in [2.45, 2.75) is 25.7 Å². The van der Waals surface area contributed by atoms with Gasteiger partial charge in [-0.2, -0.15) is 13.2 Å². The second-order valence-electron chi connectivity index (χ2n) is 6.12. The molecule has 140 valence electrons. The Morgan fingerprint density at radius 2 is 1.89 bits per heavy atom. The van der Waals surface area contributed by atoms with Crippen molar-refractivity contribution in [1.82, 2.24) is 14.9 Å². The first-order valence-corrected chi connectivity index (χ1v) is 8.15. The van der Waals surface area contributed by atoms with E-state index in [-0.39, 0.29) is 12.1 Å². The van der Waals surface area contributed by atoms with Gasteiger partial charge in [-0.15, -0.1) is 0 Å². The summed E-state index contributed by atoms with van der Waals surface area (Å²) in [5.74, 6) is -0.419. The first-order valence-electron chi connectivity index (χ1n) is 8.15. The molecule has 2 heterocycles. The SMILES string of the molecule is C[C@H](NC(=O)Cn1ccc2cnccc2c1=O)c1ccc(C(F)(F)F)cc1. The summed E-state index contributed by atoms with van der Waals surface area (Å²) in [5, 5.41) is 3.82. The van der Waals surface area contributed by atoms with Crippen LogP contribution in [0.15, 0.2) is 59.8 Å². The number of amides is 1. The summed E-state index contributed by atoms with van der Waals surface area (Å²) >= 11 is 0. The molecule has 0 unspecified atom stereocenters. The second kappa shape index (κ2) is 7.22. The van der Waals surface area contributed by atoms with Crippen LogP contribution in [0, 0.1) is 0 Å². The third-order valence-corrected chi connectivity index (χ3v) is 4.21. The number of nitrogens with zero attached hydrogens (tertiary/aromatic N) is 2. The lowest BCUT2D eigenvalue weighted by atomic mass is 10.1. The molecule has 1 N–H and O–H groups in total. The molecular formula is C19H16F3N3O2. The monoisotopic (exact) mass is 375 g/mol. The Morgan fingerprint density at radius 3 is 2.56 bits per heavy atom. The van der Waals surface area contributed by atoms with Crippen LogP contribution in [0.2, 0.25) is 0 Å². The number of alkyl halides is 3. The molecule has 1 atom stereocenters. The maximum absolute atomic E-state index is 12.6. The van der Waals surface area contributed by atoms with Crippen molar-refractivity contribution in [1.29, 1.82) is 0 Å². The summed E-state index contributed by atoms with van der Waals surface area (Å²) in [6.45, 7) is 1.47. The summed E-state index contributed by atoms with van der Waals surface area (Å²) in [6, 6.07) is 7.36. The quantitative estimate of drug-likeness (QED) is 0.761. The molecule has 8 heteroatoms. The van der Waals surface area contributed by atoms with Crippen LogP contribution in [0.5, 0.6) is 0 Å². The van der Waals surface area contributed by atoms with E-state index in [0.29, 0.717) is 16.3 Å². The number of hydrogen-bond acceptors (Lipinski definition) is 3. The molecule has 5 nitrogen and oxygen atoms in total. The fourth-order valence-electron chi connectivity index (χ4n) is 2.74. The number of aromatic nitrogens is 2. The highest BCUT2D eigenvalue weighted by molar-refractivity contribution is 5.81. The zero-order chi connectivity index (χ0) is 19.6. The van der Waals surface area contributed by atoms with E-state index in [9.17, 15) is 22.8 Å². The lowest BCUT2D eigenvalue weighted by molar-refractivity contribution is -0.137. The fraction of sp³-hybridized carbons (Fsp3) is 0.211. The molecule has 0 aliphatic heterocycles. The number of fused-ring (bicyclic) bond motifs is 1. The van der Waals surface area contributed by atoms with Crippen LogP contribution in [0.25, 0.3) is 10.8 Å². The zero-order valence-corrected chi connectivity index (χ0v) is 14.3. The molecule has 0 saturated carbocycles. The molecule has 1 aromatic carbocycles. The van der Waals surface area contributed by atoms with E-state index >= 15 is 0 Å². The molecule has 0 aliphatic carbocycles. The lowest BCUT2D eigenvalue weighted by Crippen LogP contribution is -2.33. The largest absolute Gasteiger partial charge is 0.416 e. The van der Waals surface area contributed by atoms with Gasteiger partial charge in [0, 0.05) is 24.0 Å². The smallest absolute Gasteiger partial charge is 0.348 e. The minimum atomic E-state index is -4.40. The van der Waals surface area contributed by atoms with Gasteiger partial charge in [-0.3, -0.25) is 14.6 Å². The van der Waals surface area contributed by atoms with Gasteiger partial charge in [0.1, 0.15) is 6.54 Å². The predicted molar refractivity (Wildman–Crippen MR) is 94.0 cm³/mol. The molecule has 1 amide bonds. The molecule has 0 radical (unpaired) electrons. The van der Waals surface area contributed by atoms with Gasteiger partial charge in [0.05, 0.1) is 17.0 Å². The highest BCUT2D eigenvalue weighted by atomic mass is 19.4. The first kappa shape index (κ1) is 18.6. The van der Waals surface area contributed by atoms with E-state index in [1.54, 1.807) is 25.3 Å². The molecule has 2 aromatic heterocycles. The third kappa shape index (κ3) is 4.16. The molecule has 3 aromatic rings. The number of carbonyl (C=O) groups excluding carboxylic acids is 1. The average molecular weight is 375 g/mol.